The second kappa shape index (κ2) is 8.13. The van der Waals surface area contributed by atoms with Crippen LogP contribution in [0.3, 0.4) is 0 Å². The van der Waals surface area contributed by atoms with Gasteiger partial charge in [0.05, 0.1) is 19.6 Å². The summed E-state index contributed by atoms with van der Waals surface area (Å²) in [5.74, 6) is 2.11. The van der Waals surface area contributed by atoms with Crippen molar-refractivity contribution in [1.29, 1.82) is 5.26 Å². The van der Waals surface area contributed by atoms with E-state index in [1.807, 2.05) is 24.3 Å². The van der Waals surface area contributed by atoms with E-state index >= 15 is 0 Å². The molecule has 0 radical (unpaired) electrons. The van der Waals surface area contributed by atoms with Crippen molar-refractivity contribution in [3.8, 4) is 23.3 Å². The van der Waals surface area contributed by atoms with Gasteiger partial charge in [0, 0.05) is 17.3 Å². The fraction of sp³-hybridized carbons (Fsp3) is 0.318. The molecule has 0 saturated heterocycles. The van der Waals surface area contributed by atoms with E-state index in [-0.39, 0.29) is 11.8 Å². The number of methoxy groups -OCH3 is 1. The lowest BCUT2D eigenvalue weighted by molar-refractivity contribution is 0.273. The normalized spacial score (nSPS) is 15.6. The summed E-state index contributed by atoms with van der Waals surface area (Å²) in [4.78, 5) is 0. The molecule has 0 aliphatic carbocycles. The third kappa shape index (κ3) is 3.84. The fourth-order valence-electron chi connectivity index (χ4n) is 3.20. The Morgan fingerprint density at radius 3 is 2.61 bits per heavy atom. The minimum atomic E-state index is -0.368. The first-order valence-corrected chi connectivity index (χ1v) is 9.22. The van der Waals surface area contributed by atoms with Crippen molar-refractivity contribution in [2.45, 2.75) is 26.2 Å². The zero-order valence-electron chi connectivity index (χ0n) is 16.4. The summed E-state index contributed by atoms with van der Waals surface area (Å²) in [6.45, 7) is 4.92. The molecular weight excluding hydrogens is 354 g/mol. The van der Waals surface area contributed by atoms with Gasteiger partial charge in [-0.3, -0.25) is 0 Å². The number of nitrogens with two attached hydrogens (primary N) is 2. The molecule has 6 nitrogen and oxygen atoms in total. The molecule has 3 rings (SSSR count). The summed E-state index contributed by atoms with van der Waals surface area (Å²) < 4.78 is 17.0. The molecule has 28 heavy (non-hydrogen) atoms. The van der Waals surface area contributed by atoms with Crippen molar-refractivity contribution in [2.24, 2.45) is 11.7 Å². The molecule has 0 bridgehead atoms. The fourth-order valence-corrected chi connectivity index (χ4v) is 3.20. The second-order valence-electron chi connectivity index (χ2n) is 7.16. The summed E-state index contributed by atoms with van der Waals surface area (Å²) >= 11 is 0. The molecule has 0 saturated carbocycles. The first-order chi connectivity index (χ1) is 13.4. The molecule has 1 aliphatic rings. The van der Waals surface area contributed by atoms with Crippen LogP contribution >= 0.6 is 0 Å². The Hall–Kier alpha value is -3.33. The number of benzene rings is 2. The third-order valence-electron chi connectivity index (χ3n) is 4.72. The number of nitrogen functional groups attached to an aromatic ring is 1. The van der Waals surface area contributed by atoms with E-state index in [0.29, 0.717) is 41.0 Å². The predicted molar refractivity (Wildman–Crippen MR) is 108 cm³/mol. The monoisotopic (exact) mass is 379 g/mol. The Bertz CT molecular complexity index is 945. The van der Waals surface area contributed by atoms with Crippen molar-refractivity contribution in [1.82, 2.24) is 0 Å². The zero-order chi connectivity index (χ0) is 20.3. The SMILES string of the molecule is COc1cc([C@@H]2C(C#N)=C(N)Oc3cc(N)ccc32)ccc1OCCC(C)C. The molecule has 4 N–H and O–H groups in total. The number of hydrogen-bond acceptors (Lipinski definition) is 6. The maximum atomic E-state index is 9.67. The van der Waals surface area contributed by atoms with Gasteiger partial charge in [-0.2, -0.15) is 5.26 Å². The highest BCUT2D eigenvalue weighted by Crippen LogP contribution is 2.44. The molecule has 0 unspecified atom stereocenters. The van der Waals surface area contributed by atoms with Crippen LogP contribution in [0.5, 0.6) is 17.2 Å². The van der Waals surface area contributed by atoms with Crippen LogP contribution in [-0.2, 0) is 0 Å². The average Bonchev–Trinajstić information content (AvgIpc) is 2.66. The molecule has 1 aliphatic heterocycles. The van der Waals surface area contributed by atoms with Crippen LogP contribution in [0.25, 0.3) is 0 Å². The molecule has 0 amide bonds. The number of fused-ring (bicyclic) bond motifs is 1. The first-order valence-electron chi connectivity index (χ1n) is 9.22. The number of nitriles is 1. The van der Waals surface area contributed by atoms with Crippen molar-refractivity contribution < 1.29 is 14.2 Å². The maximum absolute atomic E-state index is 9.67. The van der Waals surface area contributed by atoms with Crippen LogP contribution < -0.4 is 25.7 Å². The van der Waals surface area contributed by atoms with Gasteiger partial charge >= 0.3 is 0 Å². The molecule has 1 heterocycles. The van der Waals surface area contributed by atoms with Crippen LogP contribution in [0.1, 0.15) is 37.3 Å². The standard InChI is InChI=1S/C22H25N3O3/c1-13(2)8-9-27-18-7-4-14(10-20(18)26-3)21-16-6-5-15(24)11-19(16)28-22(25)17(21)12-23/h4-7,10-11,13,21H,8-9,24-25H2,1-3H3/t21-/m0/s1. The minimum absolute atomic E-state index is 0.0850. The average molecular weight is 379 g/mol. The summed E-state index contributed by atoms with van der Waals surface area (Å²) in [6.07, 6.45) is 0.956. The number of nitrogens with zero attached hydrogens (tertiary/aromatic N) is 1. The summed E-state index contributed by atoms with van der Waals surface area (Å²) in [6, 6.07) is 13.2. The van der Waals surface area contributed by atoms with E-state index in [1.54, 1.807) is 19.2 Å². The Labute approximate surface area is 165 Å². The van der Waals surface area contributed by atoms with Gasteiger partial charge in [-0.1, -0.05) is 26.0 Å². The van der Waals surface area contributed by atoms with Crippen LogP contribution in [-0.4, -0.2) is 13.7 Å². The smallest absolute Gasteiger partial charge is 0.205 e. The van der Waals surface area contributed by atoms with Gasteiger partial charge in [-0.05, 0) is 36.1 Å². The highest BCUT2D eigenvalue weighted by molar-refractivity contribution is 5.60. The van der Waals surface area contributed by atoms with E-state index in [1.165, 1.54) is 0 Å². The van der Waals surface area contributed by atoms with Crippen LogP contribution in [0.15, 0.2) is 47.9 Å². The van der Waals surface area contributed by atoms with E-state index in [2.05, 4.69) is 19.9 Å². The molecular formula is C22H25N3O3. The highest BCUT2D eigenvalue weighted by Gasteiger charge is 2.31. The molecule has 2 aromatic rings. The quantitative estimate of drug-likeness (QED) is 0.737. The minimum Gasteiger partial charge on any atom is -0.493 e. The van der Waals surface area contributed by atoms with Gasteiger partial charge in [0.15, 0.2) is 11.5 Å². The summed E-state index contributed by atoms with van der Waals surface area (Å²) in [7, 11) is 1.60. The number of ether oxygens (including phenoxy) is 3. The van der Waals surface area contributed by atoms with Gasteiger partial charge < -0.3 is 25.7 Å². The predicted octanol–water partition coefficient (Wildman–Crippen LogP) is 3.92. The number of anilines is 1. The number of hydrogen-bond donors (Lipinski definition) is 2. The van der Waals surface area contributed by atoms with Gasteiger partial charge in [0.2, 0.25) is 5.88 Å². The Balaban J connectivity index is 2.01. The van der Waals surface area contributed by atoms with Gasteiger partial charge in [0.1, 0.15) is 17.4 Å². The molecule has 6 heteroatoms. The van der Waals surface area contributed by atoms with Crippen LogP contribution in [0.4, 0.5) is 5.69 Å². The Morgan fingerprint density at radius 1 is 1.14 bits per heavy atom. The molecule has 0 spiro atoms. The van der Waals surface area contributed by atoms with Gasteiger partial charge in [-0.15, -0.1) is 0 Å². The molecule has 1 atom stereocenters. The summed E-state index contributed by atoms with van der Waals surface area (Å²) in [5.41, 5.74) is 14.5. The Morgan fingerprint density at radius 2 is 1.93 bits per heavy atom. The molecule has 2 aromatic carbocycles. The molecule has 0 aromatic heterocycles. The van der Waals surface area contributed by atoms with E-state index in [4.69, 9.17) is 25.7 Å². The lowest BCUT2D eigenvalue weighted by atomic mass is 9.83. The lowest BCUT2D eigenvalue weighted by Gasteiger charge is -2.27. The lowest BCUT2D eigenvalue weighted by Crippen LogP contribution is -2.21. The third-order valence-corrected chi connectivity index (χ3v) is 4.72. The second-order valence-corrected chi connectivity index (χ2v) is 7.16. The van der Waals surface area contributed by atoms with Gasteiger partial charge in [0.25, 0.3) is 0 Å². The zero-order valence-corrected chi connectivity index (χ0v) is 16.4. The topological polar surface area (TPSA) is 104 Å². The van der Waals surface area contributed by atoms with Crippen molar-refractivity contribution in [2.75, 3.05) is 19.5 Å². The van der Waals surface area contributed by atoms with Crippen LogP contribution in [0, 0.1) is 17.2 Å². The number of allylic oxidation sites excluding steroid dienone is 1. The van der Waals surface area contributed by atoms with Crippen LogP contribution in [0.2, 0.25) is 0 Å². The largest absolute Gasteiger partial charge is 0.493 e. The maximum Gasteiger partial charge on any atom is 0.205 e. The summed E-state index contributed by atoms with van der Waals surface area (Å²) in [5, 5.41) is 9.67. The van der Waals surface area contributed by atoms with Crippen molar-refractivity contribution in [3.63, 3.8) is 0 Å². The first kappa shape index (κ1) is 19.4. The van der Waals surface area contributed by atoms with E-state index in [0.717, 1.165) is 17.5 Å². The van der Waals surface area contributed by atoms with E-state index < -0.39 is 0 Å². The molecule has 146 valence electrons. The number of rotatable bonds is 6. The van der Waals surface area contributed by atoms with Crippen molar-refractivity contribution in [3.05, 3.63) is 59.0 Å². The highest BCUT2D eigenvalue weighted by atomic mass is 16.5. The van der Waals surface area contributed by atoms with Crippen molar-refractivity contribution >= 4 is 5.69 Å². The van der Waals surface area contributed by atoms with E-state index in [9.17, 15) is 5.26 Å². The Kier molecular flexibility index (Phi) is 5.65. The molecule has 0 fully saturated rings. The van der Waals surface area contributed by atoms with Gasteiger partial charge in [-0.25, -0.2) is 0 Å².